The summed E-state index contributed by atoms with van der Waals surface area (Å²) >= 11 is 0. The topological polar surface area (TPSA) is 66.4 Å². The van der Waals surface area contributed by atoms with Crippen LogP contribution in [-0.4, -0.2) is 23.0 Å². The fourth-order valence-electron chi connectivity index (χ4n) is 2.30. The van der Waals surface area contributed by atoms with Gasteiger partial charge in [-0.15, -0.1) is 0 Å². The number of allylic oxidation sites excluding steroid dienone is 1. The number of amides is 1. The number of carbonyl (C=O) groups is 2. The van der Waals surface area contributed by atoms with E-state index in [1.54, 1.807) is 24.3 Å². The van der Waals surface area contributed by atoms with E-state index in [0.29, 0.717) is 12.8 Å². The SMILES string of the molecule is O=C(CCc1ccc(C(=O)O)cc1)NC1CC=CCC1. The van der Waals surface area contributed by atoms with Crippen LogP contribution in [0.1, 0.15) is 41.6 Å². The van der Waals surface area contributed by atoms with E-state index in [1.165, 1.54) is 0 Å². The van der Waals surface area contributed by atoms with E-state index in [2.05, 4.69) is 17.5 Å². The van der Waals surface area contributed by atoms with Crippen molar-refractivity contribution in [3.63, 3.8) is 0 Å². The molecular weight excluding hydrogens is 254 g/mol. The van der Waals surface area contributed by atoms with Crippen LogP contribution in [0.3, 0.4) is 0 Å². The number of hydrogen-bond acceptors (Lipinski definition) is 2. The molecule has 2 rings (SSSR count). The lowest BCUT2D eigenvalue weighted by molar-refractivity contribution is -0.121. The molecule has 0 heterocycles. The molecule has 1 aromatic carbocycles. The first-order chi connectivity index (χ1) is 9.65. The first-order valence-corrected chi connectivity index (χ1v) is 6.92. The van der Waals surface area contributed by atoms with Crippen LogP contribution >= 0.6 is 0 Å². The fourth-order valence-corrected chi connectivity index (χ4v) is 2.30. The van der Waals surface area contributed by atoms with Gasteiger partial charge in [0.05, 0.1) is 5.56 Å². The second-order valence-corrected chi connectivity index (χ2v) is 5.05. The van der Waals surface area contributed by atoms with Crippen molar-refractivity contribution in [3.05, 3.63) is 47.5 Å². The molecule has 0 spiro atoms. The summed E-state index contributed by atoms with van der Waals surface area (Å²) < 4.78 is 0. The summed E-state index contributed by atoms with van der Waals surface area (Å²) in [7, 11) is 0. The Labute approximate surface area is 118 Å². The Kier molecular flexibility index (Phi) is 4.93. The monoisotopic (exact) mass is 273 g/mol. The zero-order valence-corrected chi connectivity index (χ0v) is 11.3. The normalized spacial score (nSPS) is 17.7. The van der Waals surface area contributed by atoms with Crippen molar-refractivity contribution in [1.29, 1.82) is 0 Å². The zero-order chi connectivity index (χ0) is 14.4. The van der Waals surface area contributed by atoms with Gasteiger partial charge < -0.3 is 10.4 Å². The molecule has 1 aliphatic carbocycles. The molecule has 1 aromatic rings. The largest absolute Gasteiger partial charge is 0.478 e. The van der Waals surface area contributed by atoms with Gasteiger partial charge in [-0.2, -0.15) is 0 Å². The van der Waals surface area contributed by atoms with Gasteiger partial charge in [0.15, 0.2) is 0 Å². The predicted molar refractivity (Wildman–Crippen MR) is 76.6 cm³/mol. The molecule has 4 nitrogen and oxygen atoms in total. The summed E-state index contributed by atoms with van der Waals surface area (Å²) in [6.45, 7) is 0. The van der Waals surface area contributed by atoms with Crippen LogP contribution in [0.15, 0.2) is 36.4 Å². The number of hydrogen-bond donors (Lipinski definition) is 2. The van der Waals surface area contributed by atoms with Gasteiger partial charge in [-0.1, -0.05) is 24.3 Å². The molecule has 1 unspecified atom stereocenters. The minimum Gasteiger partial charge on any atom is -0.478 e. The highest BCUT2D eigenvalue weighted by Gasteiger charge is 2.12. The van der Waals surface area contributed by atoms with E-state index in [9.17, 15) is 9.59 Å². The molecule has 1 aliphatic rings. The lowest BCUT2D eigenvalue weighted by Crippen LogP contribution is -2.35. The van der Waals surface area contributed by atoms with Crippen LogP contribution in [0.5, 0.6) is 0 Å². The molecule has 0 fully saturated rings. The predicted octanol–water partition coefficient (Wildman–Crippen LogP) is 2.54. The van der Waals surface area contributed by atoms with Crippen LogP contribution in [0, 0.1) is 0 Å². The molecule has 0 saturated carbocycles. The Balaban J connectivity index is 1.77. The standard InChI is InChI=1S/C16H19NO3/c18-15(17-14-4-2-1-3-5-14)11-8-12-6-9-13(10-7-12)16(19)20/h1-2,6-7,9-10,14H,3-5,8,11H2,(H,17,18)(H,19,20). The second-order valence-electron chi connectivity index (χ2n) is 5.05. The van der Waals surface area contributed by atoms with Gasteiger partial charge in [-0.05, 0) is 43.4 Å². The summed E-state index contributed by atoms with van der Waals surface area (Å²) in [6, 6.07) is 6.94. The molecule has 0 saturated heterocycles. The number of carboxylic acid groups (broad SMARTS) is 1. The third-order valence-electron chi connectivity index (χ3n) is 3.48. The van der Waals surface area contributed by atoms with Crippen molar-refractivity contribution < 1.29 is 14.7 Å². The number of aryl methyl sites for hydroxylation is 1. The maximum absolute atomic E-state index is 11.8. The number of benzene rings is 1. The van der Waals surface area contributed by atoms with Crippen molar-refractivity contribution in [1.82, 2.24) is 5.32 Å². The van der Waals surface area contributed by atoms with Gasteiger partial charge >= 0.3 is 5.97 Å². The molecule has 1 atom stereocenters. The molecule has 4 heteroatoms. The van der Waals surface area contributed by atoms with Crippen LogP contribution in [0.2, 0.25) is 0 Å². The average molecular weight is 273 g/mol. The zero-order valence-electron chi connectivity index (χ0n) is 11.3. The van der Waals surface area contributed by atoms with Crippen molar-refractivity contribution in [2.75, 3.05) is 0 Å². The minimum atomic E-state index is -0.931. The fraction of sp³-hybridized carbons (Fsp3) is 0.375. The molecule has 0 radical (unpaired) electrons. The van der Waals surface area contributed by atoms with E-state index in [-0.39, 0.29) is 17.5 Å². The van der Waals surface area contributed by atoms with Gasteiger partial charge in [0, 0.05) is 12.5 Å². The molecule has 0 bridgehead atoms. The maximum atomic E-state index is 11.8. The molecule has 0 aromatic heterocycles. The quantitative estimate of drug-likeness (QED) is 0.810. The highest BCUT2D eigenvalue weighted by molar-refractivity contribution is 5.87. The number of aromatic carboxylic acids is 1. The summed E-state index contributed by atoms with van der Waals surface area (Å²) in [5.41, 5.74) is 1.25. The molecule has 1 amide bonds. The molecule has 20 heavy (non-hydrogen) atoms. The Bertz CT molecular complexity index is 505. The number of rotatable bonds is 5. The average Bonchev–Trinajstić information content (AvgIpc) is 2.46. The third kappa shape index (κ3) is 4.23. The first kappa shape index (κ1) is 14.3. The molecule has 106 valence electrons. The van der Waals surface area contributed by atoms with Crippen molar-refractivity contribution in [2.24, 2.45) is 0 Å². The Hall–Kier alpha value is -2.10. The Morgan fingerprint density at radius 3 is 2.55 bits per heavy atom. The maximum Gasteiger partial charge on any atom is 0.335 e. The van der Waals surface area contributed by atoms with E-state index >= 15 is 0 Å². The number of carboxylic acids is 1. The van der Waals surface area contributed by atoms with E-state index < -0.39 is 5.97 Å². The minimum absolute atomic E-state index is 0.0626. The number of carbonyl (C=O) groups excluding carboxylic acids is 1. The highest BCUT2D eigenvalue weighted by Crippen LogP contribution is 2.11. The van der Waals surface area contributed by atoms with Gasteiger partial charge in [0.25, 0.3) is 0 Å². The van der Waals surface area contributed by atoms with Gasteiger partial charge in [0.1, 0.15) is 0 Å². The summed E-state index contributed by atoms with van der Waals surface area (Å²) in [5.74, 6) is -0.868. The van der Waals surface area contributed by atoms with Crippen molar-refractivity contribution >= 4 is 11.9 Å². The van der Waals surface area contributed by atoms with E-state index in [1.807, 2.05) is 0 Å². The van der Waals surface area contributed by atoms with Gasteiger partial charge in [-0.25, -0.2) is 4.79 Å². The third-order valence-corrected chi connectivity index (χ3v) is 3.48. The van der Waals surface area contributed by atoms with Crippen molar-refractivity contribution in [2.45, 2.75) is 38.1 Å². The number of nitrogens with one attached hydrogen (secondary N) is 1. The van der Waals surface area contributed by atoms with E-state index in [0.717, 1.165) is 24.8 Å². The van der Waals surface area contributed by atoms with E-state index in [4.69, 9.17) is 5.11 Å². The smallest absolute Gasteiger partial charge is 0.335 e. The second kappa shape index (κ2) is 6.89. The van der Waals surface area contributed by atoms with Crippen molar-refractivity contribution in [3.8, 4) is 0 Å². The molecule has 0 aliphatic heterocycles. The highest BCUT2D eigenvalue weighted by atomic mass is 16.4. The summed E-state index contributed by atoms with van der Waals surface area (Å²) in [5, 5.41) is 11.8. The lowest BCUT2D eigenvalue weighted by Gasteiger charge is -2.19. The summed E-state index contributed by atoms with van der Waals surface area (Å²) in [4.78, 5) is 22.6. The summed E-state index contributed by atoms with van der Waals surface area (Å²) in [6.07, 6.45) is 8.28. The molecule has 2 N–H and O–H groups in total. The Morgan fingerprint density at radius 2 is 1.95 bits per heavy atom. The van der Waals surface area contributed by atoms with Crippen LogP contribution in [0.25, 0.3) is 0 Å². The van der Waals surface area contributed by atoms with Gasteiger partial charge in [0.2, 0.25) is 5.91 Å². The lowest BCUT2D eigenvalue weighted by atomic mass is 10.0. The first-order valence-electron chi connectivity index (χ1n) is 6.92. The van der Waals surface area contributed by atoms with Crippen LogP contribution in [-0.2, 0) is 11.2 Å². The van der Waals surface area contributed by atoms with Gasteiger partial charge in [-0.3, -0.25) is 4.79 Å². The Morgan fingerprint density at radius 1 is 1.20 bits per heavy atom. The molecular formula is C16H19NO3. The van der Waals surface area contributed by atoms with Crippen LogP contribution in [0.4, 0.5) is 0 Å². The van der Waals surface area contributed by atoms with Crippen LogP contribution < -0.4 is 5.32 Å².